The van der Waals surface area contributed by atoms with Crippen LogP contribution in [0.25, 0.3) is 0 Å². The SMILES string of the molecule is CC(C)CNCCC1CCCCN1. The van der Waals surface area contributed by atoms with Crippen LogP contribution in [0.5, 0.6) is 0 Å². The molecule has 0 aromatic heterocycles. The van der Waals surface area contributed by atoms with Gasteiger partial charge in [-0.25, -0.2) is 0 Å². The number of piperidine rings is 1. The molecule has 1 saturated heterocycles. The predicted octanol–water partition coefficient (Wildman–Crippen LogP) is 1.76. The van der Waals surface area contributed by atoms with Gasteiger partial charge >= 0.3 is 0 Å². The highest BCUT2D eigenvalue weighted by Crippen LogP contribution is 2.09. The largest absolute Gasteiger partial charge is 0.316 e. The van der Waals surface area contributed by atoms with Crippen molar-refractivity contribution in [3.8, 4) is 0 Å². The molecule has 1 unspecified atom stereocenters. The molecule has 1 aliphatic heterocycles. The van der Waals surface area contributed by atoms with Gasteiger partial charge in [-0.05, 0) is 44.8 Å². The highest BCUT2D eigenvalue weighted by molar-refractivity contribution is 4.72. The van der Waals surface area contributed by atoms with Crippen LogP contribution in [-0.4, -0.2) is 25.7 Å². The molecule has 2 N–H and O–H groups in total. The molecule has 0 aromatic carbocycles. The van der Waals surface area contributed by atoms with Gasteiger partial charge in [0.1, 0.15) is 0 Å². The molecule has 0 amide bonds. The average Bonchev–Trinajstić information content (AvgIpc) is 2.14. The molecule has 2 heteroatoms. The Morgan fingerprint density at radius 3 is 2.85 bits per heavy atom. The monoisotopic (exact) mass is 184 g/mol. The second kappa shape index (κ2) is 6.39. The van der Waals surface area contributed by atoms with Gasteiger partial charge in [0.25, 0.3) is 0 Å². The predicted molar refractivity (Wildman–Crippen MR) is 58.0 cm³/mol. The fraction of sp³-hybridized carbons (Fsp3) is 1.00. The number of hydrogen-bond donors (Lipinski definition) is 2. The van der Waals surface area contributed by atoms with Gasteiger partial charge in [-0.3, -0.25) is 0 Å². The number of rotatable bonds is 5. The molecule has 1 aliphatic rings. The van der Waals surface area contributed by atoms with Gasteiger partial charge in [0, 0.05) is 6.04 Å². The Kier molecular flexibility index (Phi) is 5.40. The molecule has 0 bridgehead atoms. The van der Waals surface area contributed by atoms with Crippen molar-refractivity contribution in [2.75, 3.05) is 19.6 Å². The summed E-state index contributed by atoms with van der Waals surface area (Å²) in [6.45, 7) is 8.08. The fourth-order valence-corrected chi connectivity index (χ4v) is 1.84. The Hall–Kier alpha value is -0.0800. The first-order valence-electron chi connectivity index (χ1n) is 5.73. The summed E-state index contributed by atoms with van der Waals surface area (Å²) in [5, 5.41) is 7.06. The third-order valence-electron chi connectivity index (χ3n) is 2.63. The minimum absolute atomic E-state index is 0.777. The minimum atomic E-state index is 0.777. The lowest BCUT2D eigenvalue weighted by atomic mass is 10.0. The maximum Gasteiger partial charge on any atom is 0.00791 e. The first kappa shape index (κ1) is 11.0. The summed E-state index contributed by atoms with van der Waals surface area (Å²) >= 11 is 0. The molecule has 1 rings (SSSR count). The van der Waals surface area contributed by atoms with Gasteiger partial charge in [0.15, 0.2) is 0 Å². The molecule has 0 radical (unpaired) electrons. The van der Waals surface area contributed by atoms with Crippen LogP contribution in [0.3, 0.4) is 0 Å². The maximum atomic E-state index is 3.57. The van der Waals surface area contributed by atoms with Crippen molar-refractivity contribution < 1.29 is 0 Å². The topological polar surface area (TPSA) is 24.1 Å². The van der Waals surface area contributed by atoms with Crippen molar-refractivity contribution in [2.24, 2.45) is 5.92 Å². The van der Waals surface area contributed by atoms with E-state index in [9.17, 15) is 0 Å². The van der Waals surface area contributed by atoms with E-state index in [4.69, 9.17) is 0 Å². The van der Waals surface area contributed by atoms with E-state index >= 15 is 0 Å². The molecule has 0 aromatic rings. The molecule has 78 valence electrons. The second-order valence-electron chi connectivity index (χ2n) is 4.53. The van der Waals surface area contributed by atoms with Crippen LogP contribution in [0.4, 0.5) is 0 Å². The van der Waals surface area contributed by atoms with E-state index in [0.717, 1.165) is 18.5 Å². The highest BCUT2D eigenvalue weighted by atomic mass is 14.9. The smallest absolute Gasteiger partial charge is 0.00791 e. The third kappa shape index (κ3) is 5.27. The summed E-state index contributed by atoms with van der Waals surface area (Å²) < 4.78 is 0. The van der Waals surface area contributed by atoms with Gasteiger partial charge < -0.3 is 10.6 Å². The Labute approximate surface area is 82.5 Å². The lowest BCUT2D eigenvalue weighted by molar-refractivity contribution is 0.373. The zero-order chi connectivity index (χ0) is 9.52. The molecule has 0 saturated carbocycles. The van der Waals surface area contributed by atoms with Crippen molar-refractivity contribution >= 4 is 0 Å². The Morgan fingerprint density at radius 1 is 1.38 bits per heavy atom. The van der Waals surface area contributed by atoms with Gasteiger partial charge in [0.05, 0.1) is 0 Å². The van der Waals surface area contributed by atoms with Crippen molar-refractivity contribution in [3.05, 3.63) is 0 Å². The summed E-state index contributed by atoms with van der Waals surface area (Å²) in [6, 6.07) is 0.786. The van der Waals surface area contributed by atoms with Crippen LogP contribution >= 0.6 is 0 Å². The normalized spacial score (nSPS) is 23.8. The van der Waals surface area contributed by atoms with E-state index in [1.165, 1.54) is 38.8 Å². The molecule has 2 nitrogen and oxygen atoms in total. The van der Waals surface area contributed by atoms with Gasteiger partial charge in [-0.1, -0.05) is 20.3 Å². The Bertz CT molecular complexity index is 117. The quantitative estimate of drug-likeness (QED) is 0.636. The zero-order valence-electron chi connectivity index (χ0n) is 9.10. The summed E-state index contributed by atoms with van der Waals surface area (Å²) in [5.74, 6) is 0.777. The van der Waals surface area contributed by atoms with E-state index in [-0.39, 0.29) is 0 Å². The zero-order valence-corrected chi connectivity index (χ0v) is 9.10. The second-order valence-corrected chi connectivity index (χ2v) is 4.53. The molecule has 1 fully saturated rings. The van der Waals surface area contributed by atoms with Crippen LogP contribution in [-0.2, 0) is 0 Å². The molecular formula is C11H24N2. The van der Waals surface area contributed by atoms with Crippen molar-refractivity contribution in [3.63, 3.8) is 0 Å². The maximum absolute atomic E-state index is 3.57. The van der Waals surface area contributed by atoms with E-state index in [1.807, 2.05) is 0 Å². The van der Waals surface area contributed by atoms with Crippen LogP contribution in [0.1, 0.15) is 39.5 Å². The Morgan fingerprint density at radius 2 is 2.23 bits per heavy atom. The lowest BCUT2D eigenvalue weighted by Crippen LogP contribution is -2.36. The first-order chi connectivity index (χ1) is 6.29. The fourth-order valence-electron chi connectivity index (χ4n) is 1.84. The van der Waals surface area contributed by atoms with Gasteiger partial charge in [-0.15, -0.1) is 0 Å². The molecular weight excluding hydrogens is 160 g/mol. The summed E-state index contributed by atoms with van der Waals surface area (Å²) in [4.78, 5) is 0. The van der Waals surface area contributed by atoms with Crippen molar-refractivity contribution in [1.29, 1.82) is 0 Å². The highest BCUT2D eigenvalue weighted by Gasteiger charge is 2.11. The van der Waals surface area contributed by atoms with E-state index in [2.05, 4.69) is 24.5 Å². The van der Waals surface area contributed by atoms with E-state index in [1.54, 1.807) is 0 Å². The van der Waals surface area contributed by atoms with Gasteiger partial charge in [-0.2, -0.15) is 0 Å². The summed E-state index contributed by atoms with van der Waals surface area (Å²) in [6.07, 6.45) is 5.47. The average molecular weight is 184 g/mol. The van der Waals surface area contributed by atoms with Gasteiger partial charge in [0.2, 0.25) is 0 Å². The number of hydrogen-bond acceptors (Lipinski definition) is 2. The van der Waals surface area contributed by atoms with E-state index < -0.39 is 0 Å². The van der Waals surface area contributed by atoms with Crippen molar-refractivity contribution in [1.82, 2.24) is 10.6 Å². The standard InChI is InChI=1S/C11H24N2/c1-10(2)9-12-8-6-11-5-3-4-7-13-11/h10-13H,3-9H2,1-2H3. The molecule has 1 atom stereocenters. The third-order valence-corrected chi connectivity index (χ3v) is 2.63. The van der Waals surface area contributed by atoms with E-state index in [0.29, 0.717) is 0 Å². The molecule has 1 heterocycles. The lowest BCUT2D eigenvalue weighted by Gasteiger charge is -2.23. The summed E-state index contributed by atoms with van der Waals surface area (Å²) in [5.41, 5.74) is 0. The van der Waals surface area contributed by atoms with Crippen LogP contribution in [0.2, 0.25) is 0 Å². The number of nitrogens with one attached hydrogen (secondary N) is 2. The molecule has 13 heavy (non-hydrogen) atoms. The molecule has 0 spiro atoms. The first-order valence-corrected chi connectivity index (χ1v) is 5.73. The summed E-state index contributed by atoms with van der Waals surface area (Å²) in [7, 11) is 0. The Balaban J connectivity index is 1.92. The minimum Gasteiger partial charge on any atom is -0.316 e. The van der Waals surface area contributed by atoms with Crippen LogP contribution in [0, 0.1) is 5.92 Å². The van der Waals surface area contributed by atoms with Crippen LogP contribution in [0.15, 0.2) is 0 Å². The van der Waals surface area contributed by atoms with Crippen LogP contribution < -0.4 is 10.6 Å². The van der Waals surface area contributed by atoms with Crippen molar-refractivity contribution in [2.45, 2.75) is 45.6 Å². The molecule has 0 aliphatic carbocycles.